The van der Waals surface area contributed by atoms with Crippen molar-refractivity contribution >= 4 is 93.3 Å². The lowest BCUT2D eigenvalue weighted by Crippen LogP contribution is -2.29. The van der Waals surface area contributed by atoms with Crippen LogP contribution in [0.15, 0.2) is 135 Å². The molecular weight excluding hydrogens is 759 g/mol. The van der Waals surface area contributed by atoms with Gasteiger partial charge in [-0.2, -0.15) is 0 Å². The van der Waals surface area contributed by atoms with E-state index in [2.05, 4.69) is 66.0 Å². The molecule has 0 atom stereocenters. The number of halogens is 3. The van der Waals surface area contributed by atoms with Crippen molar-refractivity contribution in [2.75, 3.05) is 0 Å². The molecule has 44 heavy (non-hydrogen) atoms. The minimum absolute atomic E-state index is 0.0700. The molecule has 0 aliphatic rings. The maximum Gasteiger partial charge on any atom is 0.488 e. The Morgan fingerprint density at radius 2 is 0.864 bits per heavy atom. The fraction of sp³-hybridized carbons (Fsp3) is 0. The van der Waals surface area contributed by atoms with E-state index in [9.17, 15) is 20.2 Å². The van der Waals surface area contributed by atoms with Crippen LogP contribution in [-0.2, 0) is 0 Å². The Balaban J connectivity index is 0.000000160. The van der Waals surface area contributed by atoms with Crippen LogP contribution in [0, 0.1) is 20.2 Å². The summed E-state index contributed by atoms with van der Waals surface area (Å²) in [4.78, 5) is 19.9. The zero-order valence-corrected chi connectivity index (χ0v) is 27.4. The zero-order valence-electron chi connectivity index (χ0n) is 22.7. The highest BCUT2D eigenvalue weighted by Gasteiger charge is 2.12. The van der Waals surface area contributed by atoms with Gasteiger partial charge in [-0.1, -0.05) is 115 Å². The molecule has 0 heterocycles. The molecule has 0 aromatic heterocycles. The monoisotopic (exact) mass is 778 g/mol. The average Bonchev–Trinajstić information content (AvgIpc) is 3.04. The molecule has 0 saturated heterocycles. The molecule has 0 spiro atoms. The summed E-state index contributed by atoms with van der Waals surface area (Å²) >= 11 is 10.6. The van der Waals surface area contributed by atoms with Gasteiger partial charge in [0.15, 0.2) is 0 Å². The van der Waals surface area contributed by atoms with Gasteiger partial charge in [-0.15, -0.1) is 0 Å². The molecular formula is C32H22BBr3N2O6. The first-order valence-corrected chi connectivity index (χ1v) is 15.3. The first kappa shape index (κ1) is 33.0. The van der Waals surface area contributed by atoms with Crippen LogP contribution in [0.2, 0.25) is 0 Å². The van der Waals surface area contributed by atoms with Crippen molar-refractivity contribution in [1.82, 2.24) is 0 Å². The minimum Gasteiger partial charge on any atom is -0.423 e. The molecule has 0 aliphatic carbocycles. The molecule has 0 bridgehead atoms. The second-order valence-electron chi connectivity index (χ2n) is 9.24. The first-order valence-electron chi connectivity index (χ1n) is 12.9. The summed E-state index contributed by atoms with van der Waals surface area (Å²) in [7, 11) is -1.58. The summed E-state index contributed by atoms with van der Waals surface area (Å²) in [6.45, 7) is 0. The number of hydrogen-bond donors (Lipinski definition) is 2. The summed E-state index contributed by atoms with van der Waals surface area (Å²) in [5.41, 5.74) is 2.31. The highest BCUT2D eigenvalue weighted by Crippen LogP contribution is 2.34. The molecule has 2 N–H and O–H groups in total. The number of nitro benzene ring substituents is 2. The van der Waals surface area contributed by atoms with Crippen LogP contribution >= 0.6 is 47.8 Å². The third kappa shape index (κ3) is 8.16. The summed E-state index contributed by atoms with van der Waals surface area (Å²) in [5.74, 6) is 0. The molecule has 0 unspecified atom stereocenters. The van der Waals surface area contributed by atoms with Crippen LogP contribution in [0.5, 0.6) is 0 Å². The molecule has 6 aromatic carbocycles. The van der Waals surface area contributed by atoms with Crippen molar-refractivity contribution in [2.24, 2.45) is 0 Å². The molecule has 0 radical (unpaired) electrons. The Morgan fingerprint density at radius 3 is 1.27 bits per heavy atom. The van der Waals surface area contributed by atoms with Crippen LogP contribution in [0.4, 0.5) is 11.4 Å². The normalized spacial score (nSPS) is 10.3. The van der Waals surface area contributed by atoms with Gasteiger partial charge < -0.3 is 10.0 Å². The van der Waals surface area contributed by atoms with Gasteiger partial charge >= 0.3 is 7.12 Å². The van der Waals surface area contributed by atoms with Crippen molar-refractivity contribution in [3.63, 3.8) is 0 Å². The molecule has 8 nitrogen and oxygen atoms in total. The van der Waals surface area contributed by atoms with E-state index in [1.54, 1.807) is 12.1 Å². The summed E-state index contributed by atoms with van der Waals surface area (Å²) < 4.78 is 3.32. The van der Waals surface area contributed by atoms with Crippen molar-refractivity contribution in [3.05, 3.63) is 155 Å². The van der Waals surface area contributed by atoms with E-state index in [1.807, 2.05) is 54.6 Å². The summed E-state index contributed by atoms with van der Waals surface area (Å²) in [6.07, 6.45) is 0. The van der Waals surface area contributed by atoms with Gasteiger partial charge in [0.25, 0.3) is 11.4 Å². The van der Waals surface area contributed by atoms with Crippen molar-refractivity contribution in [1.29, 1.82) is 0 Å². The van der Waals surface area contributed by atoms with Crippen molar-refractivity contribution in [3.8, 4) is 11.1 Å². The second-order valence-corrected chi connectivity index (χ2v) is 11.8. The van der Waals surface area contributed by atoms with Crippen LogP contribution in [0.1, 0.15) is 0 Å². The van der Waals surface area contributed by atoms with Gasteiger partial charge in [-0.05, 0) is 68.5 Å². The van der Waals surface area contributed by atoms with Gasteiger partial charge in [0.05, 0.1) is 9.85 Å². The lowest BCUT2D eigenvalue weighted by molar-refractivity contribution is -0.385. The van der Waals surface area contributed by atoms with E-state index in [4.69, 9.17) is 10.0 Å². The van der Waals surface area contributed by atoms with Gasteiger partial charge in [0, 0.05) is 37.7 Å². The lowest BCUT2D eigenvalue weighted by Gasteiger charge is -2.08. The minimum atomic E-state index is -1.58. The average molecular weight is 781 g/mol. The molecule has 220 valence electrons. The third-order valence-electron chi connectivity index (χ3n) is 6.48. The number of nitro groups is 2. The number of rotatable bonds is 4. The highest BCUT2D eigenvalue weighted by atomic mass is 79.9. The van der Waals surface area contributed by atoms with Gasteiger partial charge in [0.1, 0.15) is 0 Å². The van der Waals surface area contributed by atoms with Crippen molar-refractivity contribution in [2.45, 2.75) is 0 Å². The Kier molecular flexibility index (Phi) is 11.4. The quantitative estimate of drug-likeness (QED) is 0.105. The predicted octanol–water partition coefficient (Wildman–Crippen LogP) is 8.82. The van der Waals surface area contributed by atoms with Crippen LogP contribution in [0.25, 0.3) is 32.7 Å². The van der Waals surface area contributed by atoms with E-state index in [1.165, 1.54) is 47.2 Å². The predicted molar refractivity (Wildman–Crippen MR) is 186 cm³/mol. The largest absolute Gasteiger partial charge is 0.488 e. The molecule has 6 rings (SSSR count). The van der Waals surface area contributed by atoms with E-state index in [-0.39, 0.29) is 21.8 Å². The Labute approximate surface area is 277 Å². The fourth-order valence-electron chi connectivity index (χ4n) is 4.27. The molecule has 0 fully saturated rings. The van der Waals surface area contributed by atoms with Gasteiger partial charge in [0.2, 0.25) is 0 Å². The SMILES string of the molecule is Brc1ccc(Br)c2ccccc12.O=[N+]([O-])c1ccc(-c2ccc(Br)c3ccccc23)cc1.O=[N+]([O-])c1ccc(B(O)O)cc1. The van der Waals surface area contributed by atoms with Crippen LogP contribution in [-0.4, -0.2) is 27.0 Å². The van der Waals surface area contributed by atoms with Gasteiger partial charge in [-0.25, -0.2) is 0 Å². The number of hydrogen-bond acceptors (Lipinski definition) is 6. The third-order valence-corrected chi connectivity index (χ3v) is 8.55. The smallest absolute Gasteiger partial charge is 0.423 e. The van der Waals surface area contributed by atoms with Crippen LogP contribution < -0.4 is 5.46 Å². The maximum absolute atomic E-state index is 10.7. The number of benzene rings is 6. The first-order chi connectivity index (χ1) is 21.1. The van der Waals surface area contributed by atoms with Crippen LogP contribution in [0.3, 0.4) is 0 Å². The Bertz CT molecular complexity index is 1900. The molecule has 12 heteroatoms. The number of non-ortho nitro benzene ring substituents is 2. The molecule has 0 aliphatic heterocycles. The number of nitrogens with zero attached hydrogens (tertiary/aromatic N) is 2. The van der Waals surface area contributed by atoms with E-state index < -0.39 is 12.0 Å². The second kappa shape index (κ2) is 15.2. The van der Waals surface area contributed by atoms with E-state index in [0.717, 1.165) is 35.3 Å². The lowest BCUT2D eigenvalue weighted by atomic mass is 9.80. The zero-order chi connectivity index (χ0) is 31.8. The summed E-state index contributed by atoms with van der Waals surface area (Å²) in [6, 6.07) is 36.1. The molecule has 0 amide bonds. The summed E-state index contributed by atoms with van der Waals surface area (Å²) in [5, 5.41) is 42.9. The van der Waals surface area contributed by atoms with E-state index in [0.29, 0.717) is 0 Å². The van der Waals surface area contributed by atoms with E-state index >= 15 is 0 Å². The van der Waals surface area contributed by atoms with Crippen molar-refractivity contribution < 1.29 is 19.9 Å². The van der Waals surface area contributed by atoms with Gasteiger partial charge in [-0.3, -0.25) is 20.2 Å². The fourth-order valence-corrected chi connectivity index (χ4v) is 5.70. The number of fused-ring (bicyclic) bond motifs is 2. The Hall–Kier alpha value is -3.94. The molecule has 0 saturated carbocycles. The maximum atomic E-state index is 10.7. The Morgan fingerprint density at radius 1 is 0.500 bits per heavy atom. The molecule has 6 aromatic rings. The highest BCUT2D eigenvalue weighted by molar-refractivity contribution is 9.11. The topological polar surface area (TPSA) is 127 Å². The standard InChI is InChI=1S/C16H10BrNO2.C10H6Br2.C6H6BNO4/c17-16-10-9-13(14-3-1-2-4-15(14)16)11-5-7-12(8-6-11)18(19)20;11-9-5-6-10(12)8-4-2-1-3-7(8)9;9-7(10)5-1-3-6(4-2-5)8(11)12/h1-10H;1-6H;1-4,9-10H.